The molecule has 9 heteroatoms. The molecule has 0 amide bonds. The Hall–Kier alpha value is -1.61. The molecule has 0 radical (unpaired) electrons. The molecule has 1 saturated heterocycles. The number of rotatable bonds is 3. The van der Waals surface area contributed by atoms with Gasteiger partial charge in [-0.3, -0.25) is 4.79 Å². The SMILES string of the molecule is O=C(O)[C@@H]1CCCN1S(=O)(=O)c1ccccc1C(F)(F)F. The summed E-state index contributed by atoms with van der Waals surface area (Å²) in [4.78, 5) is 10.1. The summed E-state index contributed by atoms with van der Waals surface area (Å²) in [5.74, 6) is -1.36. The first kappa shape index (κ1) is 15.8. The summed E-state index contributed by atoms with van der Waals surface area (Å²) >= 11 is 0. The molecule has 1 N–H and O–H groups in total. The van der Waals surface area contributed by atoms with Gasteiger partial charge in [-0.1, -0.05) is 12.1 Å². The first-order valence-electron chi connectivity index (χ1n) is 6.06. The Balaban J connectivity index is 2.53. The topological polar surface area (TPSA) is 74.7 Å². The van der Waals surface area contributed by atoms with Gasteiger partial charge in [0.05, 0.1) is 10.5 Å². The molecule has 1 heterocycles. The maximum absolute atomic E-state index is 12.9. The molecule has 1 aliphatic rings. The van der Waals surface area contributed by atoms with Gasteiger partial charge in [0, 0.05) is 6.54 Å². The second-order valence-corrected chi connectivity index (χ2v) is 6.46. The van der Waals surface area contributed by atoms with Crippen molar-refractivity contribution < 1.29 is 31.5 Å². The Morgan fingerprint density at radius 2 is 1.90 bits per heavy atom. The van der Waals surface area contributed by atoms with Gasteiger partial charge in [0.2, 0.25) is 10.0 Å². The second-order valence-electron chi connectivity index (χ2n) is 4.61. The van der Waals surface area contributed by atoms with E-state index in [4.69, 9.17) is 5.11 Å². The van der Waals surface area contributed by atoms with Crippen LogP contribution < -0.4 is 0 Å². The van der Waals surface area contributed by atoms with Gasteiger partial charge in [0.25, 0.3) is 0 Å². The number of nitrogens with zero attached hydrogens (tertiary/aromatic N) is 1. The maximum atomic E-state index is 12.9. The van der Waals surface area contributed by atoms with Crippen molar-refractivity contribution >= 4 is 16.0 Å². The van der Waals surface area contributed by atoms with E-state index < -0.39 is 38.7 Å². The summed E-state index contributed by atoms with van der Waals surface area (Å²) < 4.78 is 64.1. The predicted molar refractivity (Wildman–Crippen MR) is 66.0 cm³/mol. The van der Waals surface area contributed by atoms with Crippen LogP contribution in [0.15, 0.2) is 29.2 Å². The molecule has 5 nitrogen and oxygen atoms in total. The van der Waals surface area contributed by atoms with Gasteiger partial charge in [0.15, 0.2) is 0 Å². The lowest BCUT2D eigenvalue weighted by molar-refractivity contribution is -0.140. The highest BCUT2D eigenvalue weighted by molar-refractivity contribution is 7.89. The highest BCUT2D eigenvalue weighted by atomic mass is 32.2. The Kier molecular flexibility index (Phi) is 3.98. The lowest BCUT2D eigenvalue weighted by atomic mass is 10.2. The number of aliphatic carboxylic acids is 1. The number of carboxylic acids is 1. The fourth-order valence-corrected chi connectivity index (χ4v) is 4.19. The zero-order valence-corrected chi connectivity index (χ0v) is 11.5. The van der Waals surface area contributed by atoms with Crippen molar-refractivity contribution in [3.05, 3.63) is 29.8 Å². The molecular formula is C12H12F3NO4S. The number of hydrogen-bond acceptors (Lipinski definition) is 3. The summed E-state index contributed by atoms with van der Waals surface area (Å²) in [5, 5.41) is 8.99. The van der Waals surface area contributed by atoms with Crippen molar-refractivity contribution in [2.24, 2.45) is 0 Å². The van der Waals surface area contributed by atoms with E-state index in [1.54, 1.807) is 0 Å². The van der Waals surface area contributed by atoms with Gasteiger partial charge in [-0.2, -0.15) is 17.5 Å². The molecule has 1 atom stereocenters. The van der Waals surface area contributed by atoms with Gasteiger partial charge >= 0.3 is 12.1 Å². The molecule has 21 heavy (non-hydrogen) atoms. The Bertz CT molecular complexity index is 657. The number of carbonyl (C=O) groups is 1. The summed E-state index contributed by atoms with van der Waals surface area (Å²) in [6.07, 6.45) is -4.45. The molecule has 1 aliphatic heterocycles. The molecule has 0 unspecified atom stereocenters. The van der Waals surface area contributed by atoms with E-state index in [1.807, 2.05) is 0 Å². The standard InChI is InChI=1S/C12H12F3NO4S/c13-12(14,15)8-4-1-2-6-10(8)21(19,20)16-7-3-5-9(16)11(17)18/h1-2,4,6,9H,3,5,7H2,(H,17,18)/t9-/m0/s1. The molecule has 0 saturated carbocycles. The van der Waals surface area contributed by atoms with Gasteiger partial charge in [-0.15, -0.1) is 0 Å². The first-order chi connectivity index (χ1) is 9.65. The normalized spacial score (nSPS) is 20.6. The lowest BCUT2D eigenvalue weighted by Gasteiger charge is -2.23. The maximum Gasteiger partial charge on any atom is 0.417 e. The van der Waals surface area contributed by atoms with Crippen molar-refractivity contribution in [2.75, 3.05) is 6.54 Å². The van der Waals surface area contributed by atoms with Crippen LogP contribution in [-0.4, -0.2) is 36.4 Å². The molecular weight excluding hydrogens is 311 g/mol. The third-order valence-corrected chi connectivity index (χ3v) is 5.23. The number of halogens is 3. The average Bonchev–Trinajstić information content (AvgIpc) is 2.88. The fourth-order valence-electron chi connectivity index (χ4n) is 2.33. The molecule has 0 aliphatic carbocycles. The quantitative estimate of drug-likeness (QED) is 0.922. The first-order valence-corrected chi connectivity index (χ1v) is 7.50. The summed E-state index contributed by atoms with van der Waals surface area (Å²) in [6, 6.07) is 2.44. The van der Waals surface area contributed by atoms with Gasteiger partial charge in [-0.25, -0.2) is 8.42 Å². The van der Waals surface area contributed by atoms with Gasteiger partial charge in [0.1, 0.15) is 6.04 Å². The summed E-state index contributed by atoms with van der Waals surface area (Å²) in [6.45, 7) is -0.106. The van der Waals surface area contributed by atoms with E-state index >= 15 is 0 Å². The van der Waals surface area contributed by atoms with Crippen molar-refractivity contribution in [1.82, 2.24) is 4.31 Å². The van der Waals surface area contributed by atoms with Crippen molar-refractivity contribution in [3.63, 3.8) is 0 Å². The number of benzene rings is 1. The highest BCUT2D eigenvalue weighted by Crippen LogP contribution is 2.36. The number of hydrogen-bond donors (Lipinski definition) is 1. The van der Waals surface area contributed by atoms with E-state index in [9.17, 15) is 26.4 Å². The third kappa shape index (κ3) is 2.88. The largest absolute Gasteiger partial charge is 0.480 e. The van der Waals surface area contributed by atoms with E-state index in [2.05, 4.69) is 0 Å². The summed E-state index contributed by atoms with van der Waals surface area (Å²) in [5.41, 5.74) is -1.29. The lowest BCUT2D eigenvalue weighted by Crippen LogP contribution is -2.41. The molecule has 0 bridgehead atoms. The van der Waals surface area contributed by atoms with Crippen LogP contribution in [0.2, 0.25) is 0 Å². The molecule has 116 valence electrons. The minimum Gasteiger partial charge on any atom is -0.480 e. The van der Waals surface area contributed by atoms with Gasteiger partial charge in [-0.05, 0) is 25.0 Å². The van der Waals surface area contributed by atoms with Crippen molar-refractivity contribution in [3.8, 4) is 0 Å². The Morgan fingerprint density at radius 3 is 2.48 bits per heavy atom. The zero-order chi connectivity index (χ0) is 15.8. The summed E-state index contributed by atoms with van der Waals surface area (Å²) in [7, 11) is -4.51. The minimum atomic E-state index is -4.83. The molecule has 0 spiro atoms. The monoisotopic (exact) mass is 323 g/mol. The number of alkyl halides is 3. The van der Waals surface area contributed by atoms with Crippen LogP contribution in [0.25, 0.3) is 0 Å². The fraction of sp³-hybridized carbons (Fsp3) is 0.417. The third-order valence-electron chi connectivity index (χ3n) is 3.27. The smallest absolute Gasteiger partial charge is 0.417 e. The zero-order valence-electron chi connectivity index (χ0n) is 10.7. The van der Waals surface area contributed by atoms with Crippen LogP contribution in [0.1, 0.15) is 18.4 Å². The number of sulfonamides is 1. The minimum absolute atomic E-state index is 0.0861. The van der Waals surface area contributed by atoms with Gasteiger partial charge < -0.3 is 5.11 Å². The van der Waals surface area contributed by atoms with E-state index in [-0.39, 0.29) is 13.0 Å². The Labute approximate surface area is 119 Å². The molecule has 0 aromatic heterocycles. The van der Waals surface area contributed by atoms with Crippen LogP contribution in [0.4, 0.5) is 13.2 Å². The molecule has 1 fully saturated rings. The molecule has 1 aromatic carbocycles. The van der Waals surface area contributed by atoms with E-state index in [0.717, 1.165) is 12.1 Å². The van der Waals surface area contributed by atoms with Crippen molar-refractivity contribution in [1.29, 1.82) is 0 Å². The highest BCUT2D eigenvalue weighted by Gasteiger charge is 2.43. The van der Waals surface area contributed by atoms with Crippen LogP contribution >= 0.6 is 0 Å². The van der Waals surface area contributed by atoms with E-state index in [1.165, 1.54) is 6.07 Å². The van der Waals surface area contributed by atoms with Crippen LogP contribution in [-0.2, 0) is 21.0 Å². The molecule has 1 aromatic rings. The van der Waals surface area contributed by atoms with Crippen LogP contribution in [0.5, 0.6) is 0 Å². The van der Waals surface area contributed by atoms with E-state index in [0.29, 0.717) is 16.8 Å². The van der Waals surface area contributed by atoms with Crippen LogP contribution in [0, 0.1) is 0 Å². The van der Waals surface area contributed by atoms with Crippen LogP contribution in [0.3, 0.4) is 0 Å². The Morgan fingerprint density at radius 1 is 1.29 bits per heavy atom. The average molecular weight is 323 g/mol. The molecule has 2 rings (SSSR count). The second kappa shape index (κ2) is 5.30. The number of carboxylic acid groups (broad SMARTS) is 1. The van der Waals surface area contributed by atoms with Crippen molar-refractivity contribution in [2.45, 2.75) is 30.0 Å². The predicted octanol–water partition coefficient (Wildman–Crippen LogP) is 1.94.